The van der Waals surface area contributed by atoms with Gasteiger partial charge in [-0.05, 0) is 11.1 Å². The van der Waals surface area contributed by atoms with Gasteiger partial charge >= 0.3 is 5.69 Å². The lowest BCUT2D eigenvalue weighted by atomic mass is 10.2. The molecule has 1 aromatic rings. The molecule has 1 aliphatic heterocycles. The van der Waals surface area contributed by atoms with Gasteiger partial charge in [0, 0.05) is 19.7 Å². The maximum atomic E-state index is 11.9. The predicted octanol–water partition coefficient (Wildman–Crippen LogP) is 0.171. The maximum absolute atomic E-state index is 11.9. The maximum Gasteiger partial charge on any atom is 0.330 e. The van der Waals surface area contributed by atoms with Crippen LogP contribution < -0.4 is 11.2 Å². The Morgan fingerprint density at radius 1 is 1.59 bits per heavy atom. The lowest BCUT2D eigenvalue weighted by Gasteiger charge is -2.16. The molecule has 1 unspecified atom stereocenters. The van der Waals surface area contributed by atoms with E-state index in [1.165, 1.54) is 28.9 Å². The lowest BCUT2D eigenvalue weighted by molar-refractivity contribution is -0.102. The van der Waals surface area contributed by atoms with Gasteiger partial charge in [-0.25, -0.2) is 4.79 Å². The van der Waals surface area contributed by atoms with E-state index in [1.54, 1.807) is 0 Å². The lowest BCUT2D eigenvalue weighted by Crippen LogP contribution is -2.33. The molecule has 9 heteroatoms. The molecule has 1 aromatic heterocycles. The summed E-state index contributed by atoms with van der Waals surface area (Å²) in [6.07, 6.45) is 1.14. The number of aromatic nitrogens is 2. The Morgan fingerprint density at radius 2 is 2.36 bits per heavy atom. The highest BCUT2D eigenvalue weighted by atomic mass is 79.9. The van der Waals surface area contributed by atoms with Crippen molar-refractivity contribution in [2.75, 3.05) is 20.5 Å². The molecule has 0 bridgehead atoms. The number of halogens is 1. The first-order valence-electron chi connectivity index (χ1n) is 6.59. The first kappa shape index (κ1) is 17.1. The topological polar surface area (TPSA) is 103 Å². The number of nitrogens with one attached hydrogen (secondary N) is 1. The Balaban J connectivity index is 2.17. The fraction of sp³-hybridized carbons (Fsp3) is 0.538. The summed E-state index contributed by atoms with van der Waals surface area (Å²) in [6.45, 7) is 0.244. The second-order valence-corrected chi connectivity index (χ2v) is 5.28. The molecule has 1 aliphatic rings. The normalized spacial score (nSPS) is 25.1. The van der Waals surface area contributed by atoms with E-state index in [0.717, 1.165) is 0 Å². The van der Waals surface area contributed by atoms with Gasteiger partial charge in [0.15, 0.2) is 0 Å². The van der Waals surface area contributed by atoms with Gasteiger partial charge in [0.2, 0.25) is 0 Å². The SMILES string of the molecule is COCOC[C@@H]1O[C@H](n2cc(C=CBr)c(=O)[nH]c2=O)CC1O. The molecular weight excluding hydrogens is 360 g/mol. The average molecular weight is 377 g/mol. The number of ether oxygens (including phenoxy) is 3. The monoisotopic (exact) mass is 376 g/mol. The minimum absolute atomic E-state index is 0.0933. The van der Waals surface area contributed by atoms with Crippen molar-refractivity contribution >= 4 is 22.0 Å². The van der Waals surface area contributed by atoms with E-state index < -0.39 is 29.7 Å². The largest absolute Gasteiger partial charge is 0.390 e. The van der Waals surface area contributed by atoms with Gasteiger partial charge in [-0.2, -0.15) is 0 Å². The number of methoxy groups -OCH3 is 1. The summed E-state index contributed by atoms with van der Waals surface area (Å²) in [7, 11) is 1.49. The van der Waals surface area contributed by atoms with Crippen molar-refractivity contribution in [1.82, 2.24) is 9.55 Å². The molecule has 1 fully saturated rings. The summed E-state index contributed by atoms with van der Waals surface area (Å²) in [6, 6.07) is 0. The minimum atomic E-state index is -0.768. The molecule has 22 heavy (non-hydrogen) atoms. The number of hydrogen-bond donors (Lipinski definition) is 2. The standard InChI is InChI=1S/C13H17BrN2O6/c1-20-7-21-6-10-9(17)4-11(22-10)16-5-8(2-3-14)12(18)15-13(16)19/h2-3,5,9-11,17H,4,6-7H2,1H3,(H,15,18,19)/t9?,10-,11-/m0/s1. The third-order valence-corrected chi connectivity index (χ3v) is 3.50. The molecule has 0 aromatic carbocycles. The Kier molecular flexibility index (Phi) is 6.09. The van der Waals surface area contributed by atoms with Crippen LogP contribution in [0.1, 0.15) is 18.2 Å². The van der Waals surface area contributed by atoms with Crippen LogP contribution in [0.15, 0.2) is 20.8 Å². The zero-order valence-electron chi connectivity index (χ0n) is 11.9. The molecule has 0 radical (unpaired) electrons. The van der Waals surface area contributed by atoms with Gasteiger partial charge in [0.25, 0.3) is 5.56 Å². The van der Waals surface area contributed by atoms with Crippen LogP contribution in [0, 0.1) is 0 Å². The van der Waals surface area contributed by atoms with Gasteiger partial charge < -0.3 is 19.3 Å². The second kappa shape index (κ2) is 7.84. The van der Waals surface area contributed by atoms with E-state index in [4.69, 9.17) is 14.2 Å². The molecule has 3 atom stereocenters. The van der Waals surface area contributed by atoms with Gasteiger partial charge in [-0.15, -0.1) is 0 Å². The number of H-pyrrole nitrogens is 1. The number of nitrogens with zero attached hydrogens (tertiary/aromatic N) is 1. The zero-order valence-corrected chi connectivity index (χ0v) is 13.5. The molecule has 0 amide bonds. The number of aliphatic hydroxyl groups is 1. The van der Waals surface area contributed by atoms with Crippen molar-refractivity contribution in [2.45, 2.75) is 24.9 Å². The number of rotatable bonds is 6. The fourth-order valence-corrected chi connectivity index (χ4v) is 2.47. The van der Waals surface area contributed by atoms with Gasteiger partial charge in [-0.3, -0.25) is 14.3 Å². The van der Waals surface area contributed by atoms with Crippen molar-refractivity contribution < 1.29 is 19.3 Å². The van der Waals surface area contributed by atoms with Crippen LogP contribution in [0.3, 0.4) is 0 Å². The summed E-state index contributed by atoms with van der Waals surface area (Å²) in [5.74, 6) is 0. The minimum Gasteiger partial charge on any atom is -0.390 e. The molecular formula is C13H17BrN2O6. The number of hydrogen-bond acceptors (Lipinski definition) is 6. The van der Waals surface area contributed by atoms with Crippen molar-refractivity contribution in [1.29, 1.82) is 0 Å². The fourth-order valence-electron chi connectivity index (χ4n) is 2.18. The first-order chi connectivity index (χ1) is 10.6. The van der Waals surface area contributed by atoms with Crippen molar-refractivity contribution in [2.24, 2.45) is 0 Å². The number of aromatic amines is 1. The quantitative estimate of drug-likeness (QED) is 0.541. The highest BCUT2D eigenvalue weighted by Crippen LogP contribution is 2.27. The predicted molar refractivity (Wildman–Crippen MR) is 81.6 cm³/mol. The van der Waals surface area contributed by atoms with Crippen molar-refractivity contribution in [3.05, 3.63) is 37.6 Å². The van der Waals surface area contributed by atoms with Crippen LogP contribution in [0.4, 0.5) is 0 Å². The molecule has 0 aliphatic carbocycles. The molecule has 122 valence electrons. The van der Waals surface area contributed by atoms with Crippen LogP contribution >= 0.6 is 15.9 Å². The summed E-state index contributed by atoms with van der Waals surface area (Å²) in [4.78, 5) is 27.3. The van der Waals surface area contributed by atoms with Crippen LogP contribution in [0.2, 0.25) is 0 Å². The van der Waals surface area contributed by atoms with Crippen LogP contribution in [-0.4, -0.2) is 47.4 Å². The van der Waals surface area contributed by atoms with E-state index in [0.29, 0.717) is 5.56 Å². The Bertz CT molecular complexity index is 640. The van der Waals surface area contributed by atoms with E-state index in [2.05, 4.69) is 20.9 Å². The van der Waals surface area contributed by atoms with Gasteiger partial charge in [0.05, 0.1) is 18.3 Å². The highest BCUT2D eigenvalue weighted by Gasteiger charge is 2.35. The second-order valence-electron chi connectivity index (χ2n) is 4.75. The van der Waals surface area contributed by atoms with Crippen LogP contribution in [-0.2, 0) is 14.2 Å². The molecule has 0 saturated carbocycles. The molecule has 0 spiro atoms. The van der Waals surface area contributed by atoms with Crippen LogP contribution in [0.25, 0.3) is 6.08 Å². The Labute approximate surface area is 134 Å². The number of aliphatic hydroxyl groups excluding tert-OH is 1. The zero-order chi connectivity index (χ0) is 16.1. The van der Waals surface area contributed by atoms with E-state index in [1.807, 2.05) is 0 Å². The third kappa shape index (κ3) is 3.93. The first-order valence-corrected chi connectivity index (χ1v) is 7.50. The van der Waals surface area contributed by atoms with Gasteiger partial charge in [-0.1, -0.05) is 15.9 Å². The Morgan fingerprint density at radius 3 is 3.05 bits per heavy atom. The Hall–Kier alpha value is -1.26. The van der Waals surface area contributed by atoms with Crippen molar-refractivity contribution in [3.8, 4) is 0 Å². The molecule has 8 nitrogen and oxygen atoms in total. The summed E-state index contributed by atoms with van der Waals surface area (Å²) >= 11 is 3.08. The molecule has 2 N–H and O–H groups in total. The average Bonchev–Trinajstić information content (AvgIpc) is 2.83. The van der Waals surface area contributed by atoms with E-state index in [-0.39, 0.29) is 19.8 Å². The summed E-state index contributed by atoms with van der Waals surface area (Å²) in [5, 5.41) is 9.98. The molecule has 1 saturated heterocycles. The summed E-state index contributed by atoms with van der Waals surface area (Å²) in [5.41, 5.74) is -0.781. The highest BCUT2D eigenvalue weighted by molar-refractivity contribution is 9.11. The third-order valence-electron chi connectivity index (χ3n) is 3.24. The van der Waals surface area contributed by atoms with E-state index >= 15 is 0 Å². The van der Waals surface area contributed by atoms with Crippen molar-refractivity contribution in [3.63, 3.8) is 0 Å². The van der Waals surface area contributed by atoms with Crippen LogP contribution in [0.5, 0.6) is 0 Å². The molecule has 2 heterocycles. The van der Waals surface area contributed by atoms with E-state index in [9.17, 15) is 14.7 Å². The van der Waals surface area contributed by atoms with Gasteiger partial charge in [0.1, 0.15) is 19.1 Å². The summed E-state index contributed by atoms with van der Waals surface area (Å²) < 4.78 is 16.8. The molecule has 2 rings (SSSR count). The smallest absolute Gasteiger partial charge is 0.330 e.